The standard InChI is InChI=1S/C20H18F3NO5/c1-27-16-9-13(10-17(11-16)28-2)3-8-19(26)29-12-18(25)24-15-6-4-14(5-7-15)20(21,22)23/h3-11H,12H2,1-2H3,(H,24,25)/b8-3+. The maximum Gasteiger partial charge on any atom is 0.416 e. The Balaban J connectivity index is 1.87. The number of anilines is 1. The number of carbonyl (C=O) groups excluding carboxylic acids is 2. The summed E-state index contributed by atoms with van der Waals surface area (Å²) in [5, 5.41) is 2.34. The van der Waals surface area contributed by atoms with Crippen LogP contribution in [0.2, 0.25) is 0 Å². The van der Waals surface area contributed by atoms with E-state index in [1.165, 1.54) is 20.3 Å². The number of amides is 1. The molecule has 0 saturated heterocycles. The highest BCUT2D eigenvalue weighted by Crippen LogP contribution is 2.29. The molecule has 1 amide bonds. The lowest BCUT2D eigenvalue weighted by Crippen LogP contribution is -2.20. The molecule has 0 spiro atoms. The minimum atomic E-state index is -4.46. The number of hydrogen-bond acceptors (Lipinski definition) is 5. The number of ether oxygens (including phenoxy) is 3. The summed E-state index contributed by atoms with van der Waals surface area (Å²) in [4.78, 5) is 23.5. The lowest BCUT2D eigenvalue weighted by atomic mass is 10.2. The molecule has 0 aliphatic rings. The lowest BCUT2D eigenvalue weighted by Gasteiger charge is -2.09. The summed E-state index contributed by atoms with van der Waals surface area (Å²) in [6.07, 6.45) is -1.88. The van der Waals surface area contributed by atoms with Crippen LogP contribution in [0.25, 0.3) is 6.08 Å². The van der Waals surface area contributed by atoms with Gasteiger partial charge in [0.2, 0.25) is 0 Å². The van der Waals surface area contributed by atoms with Gasteiger partial charge in [0.15, 0.2) is 6.61 Å². The van der Waals surface area contributed by atoms with Crippen molar-refractivity contribution in [1.29, 1.82) is 0 Å². The summed E-state index contributed by atoms with van der Waals surface area (Å²) in [6.45, 7) is -0.592. The Labute approximate surface area is 164 Å². The normalized spacial score (nSPS) is 11.2. The van der Waals surface area contributed by atoms with Gasteiger partial charge in [-0.15, -0.1) is 0 Å². The van der Waals surface area contributed by atoms with Crippen LogP contribution in [-0.4, -0.2) is 32.7 Å². The van der Waals surface area contributed by atoms with Gasteiger partial charge in [-0.1, -0.05) is 0 Å². The van der Waals surface area contributed by atoms with E-state index in [4.69, 9.17) is 14.2 Å². The molecule has 0 bridgehead atoms. The summed E-state index contributed by atoms with van der Waals surface area (Å²) in [5.74, 6) is -0.384. The van der Waals surface area contributed by atoms with Crippen LogP contribution in [-0.2, 0) is 20.5 Å². The van der Waals surface area contributed by atoms with Gasteiger partial charge in [0.25, 0.3) is 5.91 Å². The van der Waals surface area contributed by atoms with Gasteiger partial charge in [-0.2, -0.15) is 13.2 Å². The Hall–Kier alpha value is -3.49. The van der Waals surface area contributed by atoms with Crippen LogP contribution in [0.1, 0.15) is 11.1 Å². The van der Waals surface area contributed by atoms with Gasteiger partial charge in [0.1, 0.15) is 11.5 Å². The maximum atomic E-state index is 12.5. The van der Waals surface area contributed by atoms with E-state index >= 15 is 0 Å². The Bertz CT molecular complexity index is 870. The molecule has 154 valence electrons. The van der Waals surface area contributed by atoms with Crippen molar-refractivity contribution >= 4 is 23.6 Å². The third kappa shape index (κ3) is 6.87. The van der Waals surface area contributed by atoms with Gasteiger partial charge in [0, 0.05) is 17.8 Å². The predicted molar refractivity (Wildman–Crippen MR) is 99.6 cm³/mol. The van der Waals surface area contributed by atoms with Crippen molar-refractivity contribution < 1.29 is 37.0 Å². The molecule has 2 rings (SSSR count). The Morgan fingerprint density at radius 3 is 2.10 bits per heavy atom. The molecule has 29 heavy (non-hydrogen) atoms. The summed E-state index contributed by atoms with van der Waals surface area (Å²) >= 11 is 0. The van der Waals surface area contributed by atoms with E-state index in [-0.39, 0.29) is 5.69 Å². The number of nitrogens with one attached hydrogen (secondary N) is 1. The van der Waals surface area contributed by atoms with Crippen LogP contribution < -0.4 is 14.8 Å². The Morgan fingerprint density at radius 2 is 1.59 bits per heavy atom. The fourth-order valence-corrected chi connectivity index (χ4v) is 2.21. The largest absolute Gasteiger partial charge is 0.497 e. The van der Waals surface area contributed by atoms with E-state index in [0.29, 0.717) is 17.1 Å². The molecule has 0 aromatic heterocycles. The summed E-state index contributed by atoms with van der Waals surface area (Å²) < 4.78 is 52.6. The number of halogens is 3. The highest BCUT2D eigenvalue weighted by molar-refractivity contribution is 5.94. The second-order valence-electron chi connectivity index (χ2n) is 5.71. The number of carbonyl (C=O) groups is 2. The predicted octanol–water partition coefficient (Wildman–Crippen LogP) is 3.92. The first-order valence-corrected chi connectivity index (χ1v) is 8.26. The Kier molecular flexibility index (Phi) is 7.24. The second kappa shape index (κ2) is 9.63. The molecular weight excluding hydrogens is 391 g/mol. The van der Waals surface area contributed by atoms with Gasteiger partial charge in [-0.25, -0.2) is 4.79 Å². The van der Waals surface area contributed by atoms with Crippen LogP contribution in [0.5, 0.6) is 11.5 Å². The third-order valence-electron chi connectivity index (χ3n) is 3.63. The molecule has 0 radical (unpaired) electrons. The molecule has 0 aliphatic carbocycles. The summed E-state index contributed by atoms with van der Waals surface area (Å²) in [5.41, 5.74) is -0.0633. The van der Waals surface area contributed by atoms with E-state index in [1.807, 2.05) is 0 Å². The number of rotatable bonds is 7. The number of alkyl halides is 3. The van der Waals surface area contributed by atoms with E-state index < -0.39 is 30.2 Å². The summed E-state index contributed by atoms with van der Waals surface area (Å²) in [6, 6.07) is 8.91. The molecule has 2 aromatic rings. The first kappa shape index (κ1) is 21.8. The van der Waals surface area contributed by atoms with Crippen molar-refractivity contribution in [3.05, 3.63) is 59.7 Å². The number of esters is 1. The maximum absolute atomic E-state index is 12.5. The van der Waals surface area contributed by atoms with Crippen LogP contribution in [0.4, 0.5) is 18.9 Å². The molecular formula is C20H18F3NO5. The molecule has 0 aliphatic heterocycles. The smallest absolute Gasteiger partial charge is 0.416 e. The molecule has 0 atom stereocenters. The molecule has 0 heterocycles. The van der Waals surface area contributed by atoms with Crippen LogP contribution in [0, 0.1) is 0 Å². The summed E-state index contributed by atoms with van der Waals surface area (Å²) in [7, 11) is 2.98. The zero-order chi connectivity index (χ0) is 21.4. The van der Waals surface area contributed by atoms with Crippen molar-refractivity contribution in [2.45, 2.75) is 6.18 Å². The molecule has 9 heteroatoms. The minimum Gasteiger partial charge on any atom is -0.497 e. The zero-order valence-electron chi connectivity index (χ0n) is 15.6. The molecule has 0 fully saturated rings. The van der Waals surface area contributed by atoms with Gasteiger partial charge >= 0.3 is 12.1 Å². The van der Waals surface area contributed by atoms with E-state index in [1.54, 1.807) is 18.2 Å². The molecule has 1 N–H and O–H groups in total. The van der Waals surface area contributed by atoms with Crippen molar-refractivity contribution in [2.24, 2.45) is 0 Å². The molecule has 2 aromatic carbocycles. The fourth-order valence-electron chi connectivity index (χ4n) is 2.21. The topological polar surface area (TPSA) is 73.9 Å². The average Bonchev–Trinajstić information content (AvgIpc) is 2.70. The van der Waals surface area contributed by atoms with Crippen LogP contribution in [0.3, 0.4) is 0 Å². The number of hydrogen-bond donors (Lipinski definition) is 1. The van der Waals surface area contributed by atoms with E-state index in [9.17, 15) is 22.8 Å². The highest BCUT2D eigenvalue weighted by Gasteiger charge is 2.29. The molecule has 0 saturated carbocycles. The number of benzene rings is 2. The Morgan fingerprint density at radius 1 is 1.00 bits per heavy atom. The minimum absolute atomic E-state index is 0.151. The first-order chi connectivity index (χ1) is 13.7. The second-order valence-corrected chi connectivity index (χ2v) is 5.71. The molecule has 0 unspecified atom stereocenters. The van der Waals surface area contributed by atoms with Crippen molar-refractivity contribution in [3.8, 4) is 11.5 Å². The quantitative estimate of drug-likeness (QED) is 0.554. The van der Waals surface area contributed by atoms with E-state index in [0.717, 1.165) is 30.3 Å². The van der Waals surface area contributed by atoms with Crippen LogP contribution >= 0.6 is 0 Å². The fraction of sp³-hybridized carbons (Fsp3) is 0.200. The highest BCUT2D eigenvalue weighted by atomic mass is 19.4. The first-order valence-electron chi connectivity index (χ1n) is 8.26. The van der Waals surface area contributed by atoms with E-state index in [2.05, 4.69) is 5.32 Å². The van der Waals surface area contributed by atoms with Gasteiger partial charge in [-0.05, 0) is 48.0 Å². The number of methoxy groups -OCH3 is 2. The SMILES string of the molecule is COc1cc(/C=C/C(=O)OCC(=O)Nc2ccc(C(F)(F)F)cc2)cc(OC)c1. The van der Waals surface area contributed by atoms with Gasteiger partial charge in [-0.3, -0.25) is 4.79 Å². The monoisotopic (exact) mass is 409 g/mol. The lowest BCUT2D eigenvalue weighted by molar-refractivity contribution is -0.142. The van der Waals surface area contributed by atoms with Crippen molar-refractivity contribution in [3.63, 3.8) is 0 Å². The van der Waals surface area contributed by atoms with Gasteiger partial charge < -0.3 is 19.5 Å². The molecule has 6 nitrogen and oxygen atoms in total. The van der Waals surface area contributed by atoms with Gasteiger partial charge in [0.05, 0.1) is 19.8 Å². The average molecular weight is 409 g/mol. The van der Waals surface area contributed by atoms with Crippen molar-refractivity contribution in [1.82, 2.24) is 0 Å². The van der Waals surface area contributed by atoms with Crippen molar-refractivity contribution in [2.75, 3.05) is 26.1 Å². The van der Waals surface area contributed by atoms with Crippen LogP contribution in [0.15, 0.2) is 48.5 Å². The zero-order valence-corrected chi connectivity index (χ0v) is 15.6. The third-order valence-corrected chi connectivity index (χ3v) is 3.63.